The number of ether oxygens (including phenoxy) is 2. The van der Waals surface area contributed by atoms with Crippen LogP contribution in [-0.2, 0) is 11.8 Å². The van der Waals surface area contributed by atoms with Gasteiger partial charge in [0, 0.05) is 37.5 Å². The van der Waals surface area contributed by atoms with Gasteiger partial charge < -0.3 is 20.1 Å². The van der Waals surface area contributed by atoms with Crippen molar-refractivity contribution in [1.29, 1.82) is 5.41 Å². The Morgan fingerprint density at radius 2 is 2.15 bits per heavy atom. The van der Waals surface area contributed by atoms with Crippen molar-refractivity contribution in [2.24, 2.45) is 7.05 Å². The SMILES string of the molecule is CC(C)Oc1ccc(N)c(C(=N)c2cc(N3CCO[C@@H](C)C3)n(C)n2)c1. The molecule has 1 saturated heterocycles. The Morgan fingerprint density at radius 3 is 2.85 bits per heavy atom. The molecule has 3 N–H and O–H groups in total. The van der Waals surface area contributed by atoms with Crippen LogP contribution in [0.5, 0.6) is 5.75 Å². The minimum Gasteiger partial charge on any atom is -0.491 e. The van der Waals surface area contributed by atoms with Crippen molar-refractivity contribution >= 4 is 17.2 Å². The molecule has 1 aliphatic heterocycles. The molecular formula is C19H27N5O2. The molecule has 1 aromatic carbocycles. The monoisotopic (exact) mass is 357 g/mol. The van der Waals surface area contributed by atoms with E-state index in [-0.39, 0.29) is 12.2 Å². The van der Waals surface area contributed by atoms with Crippen LogP contribution in [-0.4, -0.2) is 47.4 Å². The summed E-state index contributed by atoms with van der Waals surface area (Å²) in [6.45, 7) is 8.32. The molecule has 0 spiro atoms. The van der Waals surface area contributed by atoms with Crippen molar-refractivity contribution in [3.63, 3.8) is 0 Å². The number of aromatic nitrogens is 2. The van der Waals surface area contributed by atoms with Crippen LogP contribution >= 0.6 is 0 Å². The summed E-state index contributed by atoms with van der Waals surface area (Å²) >= 11 is 0. The molecule has 1 atom stereocenters. The number of hydrogen-bond acceptors (Lipinski definition) is 6. The fraction of sp³-hybridized carbons (Fsp3) is 0.474. The minimum atomic E-state index is 0.0606. The third-order valence-corrected chi connectivity index (χ3v) is 4.34. The van der Waals surface area contributed by atoms with Gasteiger partial charge in [-0.25, -0.2) is 0 Å². The first-order valence-electron chi connectivity index (χ1n) is 8.91. The summed E-state index contributed by atoms with van der Waals surface area (Å²) in [5.41, 5.74) is 8.16. The number of morpholine rings is 1. The van der Waals surface area contributed by atoms with Gasteiger partial charge in [0.25, 0.3) is 0 Å². The third kappa shape index (κ3) is 3.83. The number of benzene rings is 1. The molecular weight excluding hydrogens is 330 g/mol. The fourth-order valence-corrected chi connectivity index (χ4v) is 3.14. The second-order valence-corrected chi connectivity index (χ2v) is 6.93. The van der Waals surface area contributed by atoms with E-state index < -0.39 is 0 Å². The van der Waals surface area contributed by atoms with Crippen LogP contribution in [0.4, 0.5) is 11.5 Å². The van der Waals surface area contributed by atoms with Crippen LogP contribution in [0.25, 0.3) is 0 Å². The van der Waals surface area contributed by atoms with E-state index in [2.05, 4.69) is 16.9 Å². The van der Waals surface area contributed by atoms with Gasteiger partial charge in [0.1, 0.15) is 17.3 Å². The first-order chi connectivity index (χ1) is 12.3. The largest absolute Gasteiger partial charge is 0.491 e. The number of anilines is 2. The zero-order valence-electron chi connectivity index (χ0n) is 15.8. The number of nitrogens with two attached hydrogens (primary N) is 1. The van der Waals surface area contributed by atoms with E-state index in [1.54, 1.807) is 6.07 Å². The molecule has 140 valence electrons. The maximum Gasteiger partial charge on any atom is 0.127 e. The maximum atomic E-state index is 8.60. The van der Waals surface area contributed by atoms with Gasteiger partial charge in [0.15, 0.2) is 0 Å². The molecule has 0 bridgehead atoms. The number of nitrogens with one attached hydrogen (secondary N) is 1. The van der Waals surface area contributed by atoms with E-state index in [4.69, 9.17) is 20.6 Å². The summed E-state index contributed by atoms with van der Waals surface area (Å²) in [4.78, 5) is 2.24. The molecule has 2 aromatic rings. The van der Waals surface area contributed by atoms with Gasteiger partial charge in [0.05, 0.1) is 24.5 Å². The zero-order chi connectivity index (χ0) is 18.8. The lowest BCUT2D eigenvalue weighted by atomic mass is 10.0. The lowest BCUT2D eigenvalue weighted by Crippen LogP contribution is -2.41. The van der Waals surface area contributed by atoms with Crippen molar-refractivity contribution in [2.45, 2.75) is 33.0 Å². The van der Waals surface area contributed by atoms with Crippen LogP contribution in [0.3, 0.4) is 0 Å². The Kier molecular flexibility index (Phi) is 5.18. The molecule has 1 aliphatic rings. The molecule has 0 saturated carbocycles. The molecule has 0 unspecified atom stereocenters. The Bertz CT molecular complexity index is 799. The van der Waals surface area contributed by atoms with E-state index in [1.807, 2.05) is 43.8 Å². The first-order valence-corrected chi connectivity index (χ1v) is 8.91. The lowest BCUT2D eigenvalue weighted by Gasteiger charge is -2.32. The molecule has 0 aliphatic carbocycles. The van der Waals surface area contributed by atoms with Gasteiger partial charge in [-0.15, -0.1) is 0 Å². The normalized spacial score (nSPS) is 17.6. The number of hydrogen-bond donors (Lipinski definition) is 2. The Balaban J connectivity index is 1.88. The number of rotatable bonds is 5. The number of aryl methyl sites for hydroxylation is 1. The smallest absolute Gasteiger partial charge is 0.127 e. The van der Waals surface area contributed by atoms with E-state index >= 15 is 0 Å². The molecule has 2 heterocycles. The van der Waals surface area contributed by atoms with Gasteiger partial charge >= 0.3 is 0 Å². The van der Waals surface area contributed by atoms with Crippen LogP contribution in [0.2, 0.25) is 0 Å². The second-order valence-electron chi connectivity index (χ2n) is 6.93. The molecule has 26 heavy (non-hydrogen) atoms. The summed E-state index contributed by atoms with van der Waals surface area (Å²) in [6.07, 6.45) is 0.243. The average molecular weight is 357 g/mol. The van der Waals surface area contributed by atoms with Crippen molar-refractivity contribution in [3.05, 3.63) is 35.5 Å². The van der Waals surface area contributed by atoms with Crippen LogP contribution in [0, 0.1) is 5.41 Å². The van der Waals surface area contributed by atoms with Crippen molar-refractivity contribution < 1.29 is 9.47 Å². The van der Waals surface area contributed by atoms with Crippen LogP contribution in [0.1, 0.15) is 32.0 Å². The molecule has 1 fully saturated rings. The number of nitrogens with zero attached hydrogens (tertiary/aromatic N) is 3. The van der Waals surface area contributed by atoms with E-state index in [0.29, 0.717) is 35.0 Å². The van der Waals surface area contributed by atoms with E-state index in [9.17, 15) is 0 Å². The first kappa shape index (κ1) is 18.3. The highest BCUT2D eigenvalue weighted by atomic mass is 16.5. The average Bonchev–Trinajstić information content (AvgIpc) is 2.97. The molecule has 1 aromatic heterocycles. The van der Waals surface area contributed by atoms with Crippen molar-refractivity contribution in [3.8, 4) is 5.75 Å². The third-order valence-electron chi connectivity index (χ3n) is 4.34. The van der Waals surface area contributed by atoms with Crippen LogP contribution < -0.4 is 15.4 Å². The zero-order valence-corrected chi connectivity index (χ0v) is 15.8. The van der Waals surface area contributed by atoms with E-state index in [1.165, 1.54) is 0 Å². The summed E-state index contributed by atoms with van der Waals surface area (Å²) in [5, 5.41) is 13.1. The van der Waals surface area contributed by atoms with Gasteiger partial charge in [-0.3, -0.25) is 10.1 Å². The lowest BCUT2D eigenvalue weighted by molar-refractivity contribution is 0.0527. The quantitative estimate of drug-likeness (QED) is 0.634. The van der Waals surface area contributed by atoms with E-state index in [0.717, 1.165) is 18.9 Å². The summed E-state index contributed by atoms with van der Waals surface area (Å²) in [7, 11) is 1.90. The van der Waals surface area contributed by atoms with Crippen LogP contribution in [0.15, 0.2) is 24.3 Å². The highest BCUT2D eigenvalue weighted by Gasteiger charge is 2.22. The fourth-order valence-electron chi connectivity index (χ4n) is 3.14. The molecule has 0 amide bonds. The number of nitrogen functional groups attached to an aromatic ring is 1. The molecule has 0 radical (unpaired) electrons. The van der Waals surface area contributed by atoms with Gasteiger partial charge in [-0.05, 0) is 39.0 Å². The van der Waals surface area contributed by atoms with Gasteiger partial charge in [-0.2, -0.15) is 5.10 Å². The van der Waals surface area contributed by atoms with Crippen molar-refractivity contribution in [1.82, 2.24) is 9.78 Å². The van der Waals surface area contributed by atoms with Gasteiger partial charge in [0.2, 0.25) is 0 Å². The molecule has 7 heteroatoms. The standard InChI is InChI=1S/C19H27N5O2/c1-12(2)26-14-5-6-16(20)15(9-14)19(21)17-10-18(23(4)22-17)24-7-8-25-13(3)11-24/h5-6,9-10,12-13,21H,7-8,11,20H2,1-4H3/t13-/m0/s1. The van der Waals surface area contributed by atoms with Crippen molar-refractivity contribution in [2.75, 3.05) is 30.3 Å². The Labute approximate surface area is 154 Å². The minimum absolute atomic E-state index is 0.0606. The summed E-state index contributed by atoms with van der Waals surface area (Å²) < 4.78 is 13.2. The Morgan fingerprint density at radius 1 is 1.38 bits per heavy atom. The molecule has 3 rings (SSSR count). The highest BCUT2D eigenvalue weighted by Crippen LogP contribution is 2.25. The second kappa shape index (κ2) is 7.37. The predicted octanol–water partition coefficient (Wildman–Crippen LogP) is 2.43. The Hall–Kier alpha value is -2.54. The van der Waals surface area contributed by atoms with Gasteiger partial charge in [-0.1, -0.05) is 0 Å². The predicted molar refractivity (Wildman–Crippen MR) is 103 cm³/mol. The highest BCUT2D eigenvalue weighted by molar-refractivity contribution is 6.13. The maximum absolute atomic E-state index is 8.60. The summed E-state index contributed by atoms with van der Waals surface area (Å²) in [5.74, 6) is 1.68. The molecule has 7 nitrogen and oxygen atoms in total. The summed E-state index contributed by atoms with van der Waals surface area (Å²) in [6, 6.07) is 7.35. The topological polar surface area (TPSA) is 89.4 Å².